The second-order valence-corrected chi connectivity index (χ2v) is 7.30. The highest BCUT2D eigenvalue weighted by Gasteiger charge is 2.35. The first kappa shape index (κ1) is 21.0. The molecular formula is C21H23F3N6O. The second-order valence-electron chi connectivity index (χ2n) is 7.30. The van der Waals surface area contributed by atoms with Crippen LogP contribution in [-0.4, -0.2) is 49.4 Å². The number of nitrogens with zero attached hydrogens (tertiary/aromatic N) is 4. The van der Waals surface area contributed by atoms with Crippen molar-refractivity contribution in [1.29, 1.82) is 0 Å². The van der Waals surface area contributed by atoms with Gasteiger partial charge in [-0.3, -0.25) is 4.90 Å². The zero-order chi connectivity index (χ0) is 22.0. The van der Waals surface area contributed by atoms with Crippen molar-refractivity contribution in [3.05, 3.63) is 59.7 Å². The average Bonchev–Trinajstić information content (AvgIpc) is 2.73. The maximum Gasteiger partial charge on any atom is 0.416 e. The van der Waals surface area contributed by atoms with Crippen molar-refractivity contribution in [2.45, 2.75) is 19.4 Å². The molecule has 0 aromatic heterocycles. The summed E-state index contributed by atoms with van der Waals surface area (Å²) in [7, 11) is 0. The maximum absolute atomic E-state index is 13.4. The first-order chi connectivity index (χ1) is 14.8. The number of benzene rings is 2. The van der Waals surface area contributed by atoms with E-state index in [4.69, 9.17) is 10.5 Å². The minimum Gasteiger partial charge on any atom is -0.378 e. The topological polar surface area (TPSA) is 78.5 Å². The van der Waals surface area contributed by atoms with E-state index in [1.165, 1.54) is 6.07 Å². The van der Waals surface area contributed by atoms with Gasteiger partial charge in [0.05, 0.1) is 18.8 Å². The smallest absolute Gasteiger partial charge is 0.378 e. The van der Waals surface area contributed by atoms with Crippen LogP contribution < -0.4 is 16.0 Å². The summed E-state index contributed by atoms with van der Waals surface area (Å²) in [5.41, 5.74) is 7.36. The van der Waals surface area contributed by atoms with E-state index in [2.05, 4.69) is 15.3 Å². The molecule has 0 bridgehead atoms. The van der Waals surface area contributed by atoms with Gasteiger partial charge in [0.1, 0.15) is 0 Å². The molecule has 1 fully saturated rings. The monoisotopic (exact) mass is 432 g/mol. The third-order valence-electron chi connectivity index (χ3n) is 4.99. The lowest BCUT2D eigenvalue weighted by Gasteiger charge is -2.41. The fourth-order valence-electron chi connectivity index (χ4n) is 3.53. The molecular weight excluding hydrogens is 409 g/mol. The fourth-order valence-corrected chi connectivity index (χ4v) is 3.53. The zero-order valence-corrected chi connectivity index (χ0v) is 16.9. The highest BCUT2D eigenvalue weighted by molar-refractivity contribution is 6.06. The van der Waals surface area contributed by atoms with Crippen molar-refractivity contribution >= 4 is 23.3 Å². The summed E-state index contributed by atoms with van der Waals surface area (Å²) in [4.78, 5) is 12.3. The summed E-state index contributed by atoms with van der Waals surface area (Å²) in [6.07, 6.45) is -5.25. The van der Waals surface area contributed by atoms with Crippen LogP contribution in [0.1, 0.15) is 11.1 Å². The first-order valence-corrected chi connectivity index (χ1v) is 9.85. The van der Waals surface area contributed by atoms with Gasteiger partial charge in [0.2, 0.25) is 18.2 Å². The highest BCUT2D eigenvalue weighted by Crippen LogP contribution is 2.33. The van der Waals surface area contributed by atoms with E-state index in [-0.39, 0.29) is 5.96 Å². The predicted molar refractivity (Wildman–Crippen MR) is 114 cm³/mol. The largest absolute Gasteiger partial charge is 0.416 e. The number of ether oxygens (including phenoxy) is 1. The molecule has 2 aliphatic rings. The number of rotatable bonds is 3. The van der Waals surface area contributed by atoms with Crippen LogP contribution in [0.4, 0.5) is 24.5 Å². The molecule has 164 valence electrons. The summed E-state index contributed by atoms with van der Waals surface area (Å²) in [5.74, 6) is 0.482. The molecule has 2 aromatic rings. The van der Waals surface area contributed by atoms with Crippen molar-refractivity contribution < 1.29 is 17.9 Å². The lowest BCUT2D eigenvalue weighted by Crippen LogP contribution is -2.57. The number of nitrogens with one attached hydrogen (secondary N) is 1. The molecule has 0 spiro atoms. The Labute approximate surface area is 178 Å². The zero-order valence-electron chi connectivity index (χ0n) is 16.9. The number of nitrogens with two attached hydrogens (primary N) is 1. The Morgan fingerprint density at radius 2 is 1.84 bits per heavy atom. The number of hydrogen-bond donors (Lipinski definition) is 2. The number of halogens is 3. The molecule has 0 amide bonds. The molecule has 2 heterocycles. The van der Waals surface area contributed by atoms with E-state index in [0.717, 1.165) is 23.4 Å². The van der Waals surface area contributed by atoms with Crippen LogP contribution in [0.5, 0.6) is 0 Å². The normalized spacial score (nSPS) is 19.7. The van der Waals surface area contributed by atoms with Gasteiger partial charge in [-0.1, -0.05) is 18.2 Å². The molecule has 1 saturated heterocycles. The SMILES string of the molecule is Cc1cccc(NC2N=C(N)N=C(N3CCOCC3)N2c2cccc(C(F)(F)F)c2)c1. The number of anilines is 2. The van der Waals surface area contributed by atoms with Gasteiger partial charge >= 0.3 is 6.18 Å². The lowest BCUT2D eigenvalue weighted by atomic mass is 10.1. The molecule has 3 N–H and O–H groups in total. The third-order valence-corrected chi connectivity index (χ3v) is 4.99. The van der Waals surface area contributed by atoms with E-state index in [9.17, 15) is 13.2 Å². The van der Waals surface area contributed by atoms with E-state index in [1.54, 1.807) is 11.0 Å². The number of aliphatic imine (C=N–C) groups is 2. The van der Waals surface area contributed by atoms with Gasteiger partial charge in [0, 0.05) is 24.5 Å². The molecule has 2 aliphatic heterocycles. The summed E-state index contributed by atoms with van der Waals surface area (Å²) >= 11 is 0. The van der Waals surface area contributed by atoms with E-state index >= 15 is 0 Å². The van der Waals surface area contributed by atoms with Crippen LogP contribution in [0.15, 0.2) is 58.5 Å². The van der Waals surface area contributed by atoms with Crippen molar-refractivity contribution in [3.63, 3.8) is 0 Å². The molecule has 0 saturated carbocycles. The Balaban J connectivity index is 1.76. The van der Waals surface area contributed by atoms with Gasteiger partial charge in [0.15, 0.2) is 0 Å². The van der Waals surface area contributed by atoms with Crippen molar-refractivity contribution in [1.82, 2.24) is 4.90 Å². The summed E-state index contributed by atoms with van der Waals surface area (Å²) in [6.45, 7) is 4.01. The molecule has 10 heteroatoms. The molecule has 1 unspecified atom stereocenters. The summed E-state index contributed by atoms with van der Waals surface area (Å²) in [6, 6.07) is 12.7. The van der Waals surface area contributed by atoms with Crippen LogP contribution >= 0.6 is 0 Å². The molecule has 0 aliphatic carbocycles. The van der Waals surface area contributed by atoms with E-state index in [0.29, 0.717) is 38.0 Å². The minimum atomic E-state index is -4.47. The Hall–Kier alpha value is -3.27. The standard InChI is InChI=1S/C21H23F3N6O/c1-14-4-2-6-16(12-14)26-19-27-18(25)28-20(29-8-10-31-11-9-29)30(19)17-7-3-5-15(13-17)21(22,23)24/h2-7,12-13,19,26H,8-11H2,1H3,(H2,25,27). The Morgan fingerprint density at radius 3 is 2.55 bits per heavy atom. The van der Waals surface area contributed by atoms with Crippen molar-refractivity contribution in [2.24, 2.45) is 15.7 Å². The van der Waals surface area contributed by atoms with Crippen molar-refractivity contribution in [3.8, 4) is 0 Å². The Bertz CT molecular complexity index is 1000. The quantitative estimate of drug-likeness (QED) is 0.779. The van der Waals surface area contributed by atoms with Gasteiger partial charge in [-0.15, -0.1) is 0 Å². The van der Waals surface area contributed by atoms with Crippen LogP contribution in [0.25, 0.3) is 0 Å². The van der Waals surface area contributed by atoms with Gasteiger partial charge in [-0.05, 0) is 42.8 Å². The van der Waals surface area contributed by atoms with Crippen LogP contribution in [0, 0.1) is 6.92 Å². The fraction of sp³-hybridized carbons (Fsp3) is 0.333. The van der Waals surface area contributed by atoms with Crippen LogP contribution in [0.3, 0.4) is 0 Å². The predicted octanol–water partition coefficient (Wildman–Crippen LogP) is 3.23. The molecule has 7 nitrogen and oxygen atoms in total. The van der Waals surface area contributed by atoms with Crippen LogP contribution in [0.2, 0.25) is 0 Å². The summed E-state index contributed by atoms with van der Waals surface area (Å²) < 4.78 is 45.6. The average molecular weight is 432 g/mol. The van der Waals surface area contributed by atoms with Crippen LogP contribution in [-0.2, 0) is 10.9 Å². The third kappa shape index (κ3) is 4.74. The van der Waals surface area contributed by atoms with E-state index < -0.39 is 18.0 Å². The number of guanidine groups is 2. The lowest BCUT2D eigenvalue weighted by molar-refractivity contribution is -0.137. The highest BCUT2D eigenvalue weighted by atomic mass is 19.4. The van der Waals surface area contributed by atoms with Gasteiger partial charge in [0.25, 0.3) is 0 Å². The maximum atomic E-state index is 13.4. The molecule has 31 heavy (non-hydrogen) atoms. The van der Waals surface area contributed by atoms with Gasteiger partial charge in [-0.25, -0.2) is 4.99 Å². The molecule has 2 aromatic carbocycles. The molecule has 1 atom stereocenters. The Morgan fingerprint density at radius 1 is 1.10 bits per heavy atom. The summed E-state index contributed by atoms with van der Waals surface area (Å²) in [5, 5.41) is 3.27. The minimum absolute atomic E-state index is 0.0508. The first-order valence-electron chi connectivity index (χ1n) is 9.85. The van der Waals surface area contributed by atoms with E-state index in [1.807, 2.05) is 36.1 Å². The molecule has 4 rings (SSSR count). The Kier molecular flexibility index (Phi) is 5.73. The number of aryl methyl sites for hydroxylation is 1. The number of hydrogen-bond acceptors (Lipinski definition) is 7. The van der Waals surface area contributed by atoms with Crippen molar-refractivity contribution in [2.75, 3.05) is 36.5 Å². The number of alkyl halides is 3. The second kappa shape index (κ2) is 8.46. The van der Waals surface area contributed by atoms with Gasteiger partial charge in [-0.2, -0.15) is 18.2 Å². The number of morpholine rings is 1. The molecule has 0 radical (unpaired) electrons. The van der Waals surface area contributed by atoms with Gasteiger partial charge < -0.3 is 20.7 Å².